The van der Waals surface area contributed by atoms with E-state index in [4.69, 9.17) is 14.6 Å². The zero-order chi connectivity index (χ0) is 15.5. The third-order valence-electron chi connectivity index (χ3n) is 1.15. The maximum absolute atomic E-state index is 9.00. The fraction of sp³-hybridized carbons (Fsp3) is 0.562. The lowest BCUT2D eigenvalue weighted by molar-refractivity contribution is -0.134. The third kappa shape index (κ3) is 38.4. The van der Waals surface area contributed by atoms with Crippen LogP contribution in [0.25, 0.3) is 0 Å². The number of aliphatic carboxylic acids is 1. The van der Waals surface area contributed by atoms with Crippen molar-refractivity contribution in [1.82, 2.24) is 0 Å². The Labute approximate surface area is 118 Å². The second kappa shape index (κ2) is 21.9. The molecular weight excluding hydrogens is 240 g/mol. The van der Waals surface area contributed by atoms with Crippen LogP contribution in [-0.2, 0) is 16.1 Å². The van der Waals surface area contributed by atoms with E-state index in [-0.39, 0.29) is 0 Å². The van der Waals surface area contributed by atoms with Crippen LogP contribution in [0.4, 0.5) is 0 Å². The standard InChI is InChI=1S/C8H10O.2C3H8.C2H4O2/c1-9-7-8-5-3-2-4-6-8;2*1-3-2;1-2(3)4/h2-6H,7H2,1H3;2*3H2,1-2H3;1H3,(H,3,4). The van der Waals surface area contributed by atoms with Gasteiger partial charge in [-0.15, -0.1) is 0 Å². The van der Waals surface area contributed by atoms with Crippen molar-refractivity contribution in [3.8, 4) is 0 Å². The van der Waals surface area contributed by atoms with Crippen LogP contribution >= 0.6 is 0 Å². The van der Waals surface area contributed by atoms with Crippen molar-refractivity contribution in [2.45, 2.75) is 54.1 Å². The second-order valence-electron chi connectivity index (χ2n) is 3.85. The highest BCUT2D eigenvalue weighted by Gasteiger charge is 1.84. The molecule has 0 aliphatic carbocycles. The number of hydrogen-bond acceptors (Lipinski definition) is 2. The minimum Gasteiger partial charge on any atom is -0.481 e. The zero-order valence-electron chi connectivity index (χ0n) is 13.3. The SMILES string of the molecule is CC(=O)O.CCC.CCC.COCc1ccccc1. The maximum Gasteiger partial charge on any atom is 0.300 e. The molecule has 1 N–H and O–H groups in total. The van der Waals surface area contributed by atoms with Gasteiger partial charge in [-0.3, -0.25) is 4.79 Å². The van der Waals surface area contributed by atoms with E-state index in [0.29, 0.717) is 6.61 Å². The molecule has 19 heavy (non-hydrogen) atoms. The van der Waals surface area contributed by atoms with E-state index in [1.165, 1.54) is 18.4 Å². The molecule has 1 aromatic carbocycles. The Kier molecular flexibility index (Phi) is 26.3. The Morgan fingerprint density at radius 3 is 1.63 bits per heavy atom. The van der Waals surface area contributed by atoms with Gasteiger partial charge in [0.25, 0.3) is 5.97 Å². The molecule has 0 heterocycles. The topological polar surface area (TPSA) is 46.5 Å². The number of methoxy groups -OCH3 is 1. The van der Waals surface area contributed by atoms with E-state index in [0.717, 1.165) is 6.92 Å². The van der Waals surface area contributed by atoms with Crippen molar-refractivity contribution < 1.29 is 14.6 Å². The number of carboxylic acids is 1. The van der Waals surface area contributed by atoms with E-state index in [1.807, 2.05) is 30.3 Å². The molecule has 0 unspecified atom stereocenters. The lowest BCUT2D eigenvalue weighted by Crippen LogP contribution is -1.84. The van der Waals surface area contributed by atoms with Crippen LogP contribution < -0.4 is 0 Å². The summed E-state index contributed by atoms with van der Waals surface area (Å²) in [6.07, 6.45) is 2.50. The summed E-state index contributed by atoms with van der Waals surface area (Å²) in [6, 6.07) is 10.1. The first-order valence-electron chi connectivity index (χ1n) is 6.72. The summed E-state index contributed by atoms with van der Waals surface area (Å²) in [5, 5.41) is 7.42. The maximum atomic E-state index is 9.00. The van der Waals surface area contributed by atoms with Crippen LogP contribution in [0, 0.1) is 0 Å². The molecule has 0 fully saturated rings. The summed E-state index contributed by atoms with van der Waals surface area (Å²) in [7, 11) is 1.70. The Morgan fingerprint density at radius 1 is 1.05 bits per heavy atom. The molecule has 0 saturated heterocycles. The molecule has 0 amide bonds. The zero-order valence-corrected chi connectivity index (χ0v) is 13.3. The highest BCUT2D eigenvalue weighted by molar-refractivity contribution is 5.62. The average Bonchev–Trinajstić information content (AvgIpc) is 2.32. The number of carbonyl (C=O) groups is 1. The molecule has 0 aliphatic heterocycles. The van der Waals surface area contributed by atoms with Gasteiger partial charge in [0.2, 0.25) is 0 Å². The van der Waals surface area contributed by atoms with Crippen molar-refractivity contribution >= 4 is 5.97 Å². The predicted molar refractivity (Wildman–Crippen MR) is 82.4 cm³/mol. The summed E-state index contributed by atoms with van der Waals surface area (Å²) in [6.45, 7) is 10.3. The van der Waals surface area contributed by atoms with Crippen LogP contribution in [0.3, 0.4) is 0 Å². The van der Waals surface area contributed by atoms with Gasteiger partial charge in [0.05, 0.1) is 6.61 Å². The Morgan fingerprint density at radius 2 is 1.37 bits per heavy atom. The van der Waals surface area contributed by atoms with Gasteiger partial charge in [0.1, 0.15) is 0 Å². The lowest BCUT2D eigenvalue weighted by atomic mass is 10.2. The van der Waals surface area contributed by atoms with Gasteiger partial charge in [-0.25, -0.2) is 0 Å². The Hall–Kier alpha value is -1.35. The van der Waals surface area contributed by atoms with Crippen molar-refractivity contribution in [1.29, 1.82) is 0 Å². The highest BCUT2D eigenvalue weighted by atomic mass is 16.5. The van der Waals surface area contributed by atoms with Crippen LogP contribution in [0.15, 0.2) is 30.3 Å². The number of benzene rings is 1. The molecule has 0 atom stereocenters. The van der Waals surface area contributed by atoms with E-state index in [1.54, 1.807) is 7.11 Å². The van der Waals surface area contributed by atoms with Crippen molar-refractivity contribution in [3.05, 3.63) is 35.9 Å². The van der Waals surface area contributed by atoms with Gasteiger partial charge in [0, 0.05) is 14.0 Å². The summed E-state index contributed by atoms with van der Waals surface area (Å²) >= 11 is 0. The first-order valence-corrected chi connectivity index (χ1v) is 6.72. The fourth-order valence-corrected chi connectivity index (χ4v) is 0.741. The third-order valence-corrected chi connectivity index (χ3v) is 1.15. The number of ether oxygens (including phenoxy) is 1. The van der Waals surface area contributed by atoms with Crippen LogP contribution in [0.1, 0.15) is 53.0 Å². The molecule has 1 aromatic rings. The van der Waals surface area contributed by atoms with Crippen molar-refractivity contribution in [2.75, 3.05) is 7.11 Å². The van der Waals surface area contributed by atoms with Gasteiger partial charge in [-0.05, 0) is 5.56 Å². The van der Waals surface area contributed by atoms with Gasteiger partial charge >= 0.3 is 0 Å². The van der Waals surface area contributed by atoms with Crippen LogP contribution in [0.2, 0.25) is 0 Å². The average molecular weight is 270 g/mol. The number of rotatable bonds is 2. The quantitative estimate of drug-likeness (QED) is 0.843. The van der Waals surface area contributed by atoms with Crippen molar-refractivity contribution in [3.63, 3.8) is 0 Å². The van der Waals surface area contributed by atoms with Crippen LogP contribution in [0.5, 0.6) is 0 Å². The monoisotopic (exact) mass is 270 g/mol. The summed E-state index contributed by atoms with van der Waals surface area (Å²) in [5.41, 5.74) is 1.22. The second-order valence-corrected chi connectivity index (χ2v) is 3.85. The largest absolute Gasteiger partial charge is 0.481 e. The predicted octanol–water partition coefficient (Wildman–Crippen LogP) is 4.76. The van der Waals surface area contributed by atoms with E-state index >= 15 is 0 Å². The molecule has 1 rings (SSSR count). The molecular formula is C16H30O3. The van der Waals surface area contributed by atoms with E-state index in [2.05, 4.69) is 27.7 Å². The first kappa shape index (κ1) is 22.8. The molecule has 3 nitrogen and oxygen atoms in total. The fourth-order valence-electron chi connectivity index (χ4n) is 0.741. The number of hydrogen-bond donors (Lipinski definition) is 1. The lowest BCUT2D eigenvalue weighted by Gasteiger charge is -1.95. The first-order chi connectivity index (χ1) is 8.99. The van der Waals surface area contributed by atoms with Gasteiger partial charge < -0.3 is 9.84 Å². The minimum atomic E-state index is -0.833. The molecule has 0 aromatic heterocycles. The minimum absolute atomic E-state index is 0.709. The Bertz CT molecular complexity index is 252. The van der Waals surface area contributed by atoms with Gasteiger partial charge in [0.15, 0.2) is 0 Å². The highest BCUT2D eigenvalue weighted by Crippen LogP contribution is 1.98. The Balaban J connectivity index is -0.000000216. The molecule has 0 radical (unpaired) electrons. The summed E-state index contributed by atoms with van der Waals surface area (Å²) < 4.78 is 4.93. The number of carboxylic acid groups (broad SMARTS) is 1. The molecule has 0 bridgehead atoms. The van der Waals surface area contributed by atoms with Crippen LogP contribution in [-0.4, -0.2) is 18.2 Å². The smallest absolute Gasteiger partial charge is 0.300 e. The molecule has 0 saturated carbocycles. The molecule has 112 valence electrons. The summed E-state index contributed by atoms with van der Waals surface area (Å²) in [5.74, 6) is -0.833. The van der Waals surface area contributed by atoms with Crippen molar-refractivity contribution in [2.24, 2.45) is 0 Å². The molecule has 3 heteroatoms. The summed E-state index contributed by atoms with van der Waals surface area (Å²) in [4.78, 5) is 9.00. The van der Waals surface area contributed by atoms with E-state index < -0.39 is 5.97 Å². The normalized spacial score (nSPS) is 7.68. The van der Waals surface area contributed by atoms with Gasteiger partial charge in [-0.2, -0.15) is 0 Å². The van der Waals surface area contributed by atoms with Gasteiger partial charge in [-0.1, -0.05) is 70.9 Å². The molecule has 0 spiro atoms. The molecule has 0 aliphatic rings. The van der Waals surface area contributed by atoms with E-state index in [9.17, 15) is 0 Å².